The number of allylic oxidation sites excluding steroid dienone is 2. The lowest BCUT2D eigenvalue weighted by Crippen LogP contribution is -2.37. The minimum Gasteiger partial charge on any atom is -0.477 e. The number of hydrogen-bond acceptors (Lipinski definition) is 12. The summed E-state index contributed by atoms with van der Waals surface area (Å²) in [5, 5.41) is 22.1. The monoisotopic (exact) mass is 912 g/mol. The Bertz CT molecular complexity index is 2440. The molecule has 6 rings (SSSR count). The van der Waals surface area contributed by atoms with Crippen LogP contribution in [0.25, 0.3) is 0 Å². The Labute approximate surface area is 390 Å². The maximum Gasteiger partial charge on any atom is 0.354 e. The number of anilines is 1. The molecule has 3 N–H and O–H groups in total. The maximum absolute atomic E-state index is 13.7. The van der Waals surface area contributed by atoms with Crippen LogP contribution in [0.2, 0.25) is 0 Å². The number of nitrogens with one attached hydrogen (secondary N) is 1. The molecule has 4 heterocycles. The number of hydrogen-bond donors (Lipinski definition) is 3. The van der Waals surface area contributed by atoms with E-state index >= 15 is 0 Å². The lowest BCUT2D eigenvalue weighted by atomic mass is 9.99. The van der Waals surface area contributed by atoms with Crippen LogP contribution in [0.4, 0.5) is 5.69 Å². The minimum atomic E-state index is -1.16. The summed E-state index contributed by atoms with van der Waals surface area (Å²) >= 11 is 0. The molecular formula is C51H56N6O10. The summed E-state index contributed by atoms with van der Waals surface area (Å²) in [6.45, 7) is 13.3. The van der Waals surface area contributed by atoms with Crippen LogP contribution in [0.15, 0.2) is 121 Å². The zero-order chi connectivity index (χ0) is 47.4. The fourth-order valence-electron chi connectivity index (χ4n) is 7.53. The smallest absolute Gasteiger partial charge is 0.354 e. The van der Waals surface area contributed by atoms with Crippen LogP contribution in [0.1, 0.15) is 66.3 Å². The molecule has 2 amide bonds. The van der Waals surface area contributed by atoms with Crippen molar-refractivity contribution in [2.24, 2.45) is 0 Å². The molecule has 67 heavy (non-hydrogen) atoms. The van der Waals surface area contributed by atoms with Gasteiger partial charge < -0.3 is 39.4 Å². The fraction of sp³-hybridized carbons (Fsp3) is 0.333. The van der Waals surface area contributed by atoms with Crippen LogP contribution in [-0.4, -0.2) is 146 Å². The number of benzene rings is 2. The second kappa shape index (κ2) is 25.7. The summed E-state index contributed by atoms with van der Waals surface area (Å²) in [6.07, 6.45) is 3.37. The Morgan fingerprint density at radius 2 is 1.31 bits per heavy atom. The predicted molar refractivity (Wildman–Crippen MR) is 251 cm³/mol. The number of pyridine rings is 2. The van der Waals surface area contributed by atoms with E-state index in [1.807, 2.05) is 36.4 Å². The largest absolute Gasteiger partial charge is 0.477 e. The van der Waals surface area contributed by atoms with Crippen molar-refractivity contribution in [2.75, 3.05) is 97.0 Å². The number of ether oxygens (including phenoxy) is 4. The third-order valence-corrected chi connectivity index (χ3v) is 11.0. The van der Waals surface area contributed by atoms with Crippen molar-refractivity contribution < 1.29 is 48.3 Å². The van der Waals surface area contributed by atoms with Gasteiger partial charge >= 0.3 is 11.9 Å². The molecule has 2 aliphatic heterocycles. The number of aromatic carboxylic acids is 2. The average molecular weight is 913 g/mol. The summed E-state index contributed by atoms with van der Waals surface area (Å²) in [5.74, 6) is 3.47. The summed E-state index contributed by atoms with van der Waals surface area (Å²) in [5.41, 5.74) is 4.99. The van der Waals surface area contributed by atoms with Gasteiger partial charge in [-0.05, 0) is 59.7 Å². The third-order valence-electron chi connectivity index (χ3n) is 11.0. The Kier molecular flexibility index (Phi) is 19.1. The first-order valence-electron chi connectivity index (χ1n) is 22.1. The van der Waals surface area contributed by atoms with Crippen LogP contribution < -0.4 is 10.2 Å². The van der Waals surface area contributed by atoms with E-state index in [4.69, 9.17) is 18.9 Å². The van der Waals surface area contributed by atoms with E-state index in [9.17, 15) is 29.4 Å². The van der Waals surface area contributed by atoms with Gasteiger partial charge in [-0.1, -0.05) is 73.5 Å². The minimum absolute atomic E-state index is 0.0109. The highest BCUT2D eigenvalue weighted by molar-refractivity contribution is 5.97. The Hall–Kier alpha value is -6.84. The number of amides is 2. The standard InChI is InChI=1S/C51H56N6O10/c1-3-37-15-16-39-9-5-6-14-46(39)57(35-38(37)4-2)47(58)21-22-52-49(59)41-19-17-40(18-20-41)48(43-11-8-13-45(54-43)51(62)63)56-25-29-66-33-31-64-27-23-55(24-28-65-32-34-67-30-26-56)36-42-10-7-12-44(53-42)50(60)61/h3-14,17-20,48H,1-2,21-36H2,(H,52,59)(H,60,61)(H,62,63)/b38-37-. The highest BCUT2D eigenvalue weighted by Gasteiger charge is 2.26. The summed E-state index contributed by atoms with van der Waals surface area (Å²) in [6, 6.07) is 23.7. The van der Waals surface area contributed by atoms with Crippen molar-refractivity contribution in [3.8, 4) is 11.8 Å². The molecule has 0 aliphatic carbocycles. The first-order chi connectivity index (χ1) is 32.6. The van der Waals surface area contributed by atoms with Crippen molar-refractivity contribution >= 4 is 29.4 Å². The van der Waals surface area contributed by atoms with Crippen molar-refractivity contribution in [3.05, 3.63) is 161 Å². The van der Waals surface area contributed by atoms with Crippen LogP contribution >= 0.6 is 0 Å². The molecule has 2 aliphatic rings. The van der Waals surface area contributed by atoms with E-state index in [0.717, 1.165) is 11.1 Å². The second-order valence-corrected chi connectivity index (χ2v) is 15.5. The predicted octanol–water partition coefficient (Wildman–Crippen LogP) is 5.03. The van der Waals surface area contributed by atoms with Gasteiger partial charge in [-0.3, -0.25) is 19.4 Å². The molecule has 1 atom stereocenters. The van der Waals surface area contributed by atoms with Crippen LogP contribution in [0.3, 0.4) is 0 Å². The van der Waals surface area contributed by atoms with Gasteiger partial charge in [0.2, 0.25) is 5.91 Å². The number of carboxylic acid groups (broad SMARTS) is 2. The van der Waals surface area contributed by atoms with Gasteiger partial charge in [-0.15, -0.1) is 0 Å². The van der Waals surface area contributed by atoms with Crippen LogP contribution in [0, 0.1) is 11.8 Å². The molecule has 350 valence electrons. The lowest BCUT2D eigenvalue weighted by molar-refractivity contribution is -0.118. The highest BCUT2D eigenvalue weighted by Crippen LogP contribution is 2.29. The van der Waals surface area contributed by atoms with Crippen molar-refractivity contribution in [2.45, 2.75) is 19.0 Å². The maximum atomic E-state index is 13.7. The Morgan fingerprint density at radius 3 is 1.94 bits per heavy atom. The molecular weight excluding hydrogens is 857 g/mol. The quantitative estimate of drug-likeness (QED) is 0.151. The average Bonchev–Trinajstić information content (AvgIpc) is 3.33. The molecule has 0 radical (unpaired) electrons. The van der Waals surface area contributed by atoms with Gasteiger partial charge in [-0.2, -0.15) is 0 Å². The molecule has 1 saturated heterocycles. The van der Waals surface area contributed by atoms with Crippen molar-refractivity contribution in [1.29, 1.82) is 0 Å². The van der Waals surface area contributed by atoms with Crippen molar-refractivity contribution in [3.63, 3.8) is 0 Å². The molecule has 1 unspecified atom stereocenters. The highest BCUT2D eigenvalue weighted by atomic mass is 16.5. The molecule has 2 aromatic heterocycles. The molecule has 0 spiro atoms. The van der Waals surface area contributed by atoms with E-state index < -0.39 is 18.0 Å². The van der Waals surface area contributed by atoms with Crippen LogP contribution in [-0.2, 0) is 30.3 Å². The van der Waals surface area contributed by atoms with Gasteiger partial charge in [0.15, 0.2) is 0 Å². The van der Waals surface area contributed by atoms with Gasteiger partial charge in [-0.25, -0.2) is 19.6 Å². The number of aromatic nitrogens is 2. The van der Waals surface area contributed by atoms with E-state index in [2.05, 4.69) is 50.1 Å². The topological polar surface area (TPSA) is 193 Å². The number of para-hydroxylation sites is 1. The van der Waals surface area contributed by atoms with Gasteiger partial charge in [0.1, 0.15) is 11.4 Å². The van der Waals surface area contributed by atoms with E-state index in [1.54, 1.807) is 53.5 Å². The number of carbonyl (C=O) groups is 4. The van der Waals surface area contributed by atoms with Gasteiger partial charge in [0.05, 0.1) is 82.5 Å². The number of fused-ring (bicyclic) bond motifs is 1. The van der Waals surface area contributed by atoms with Gasteiger partial charge in [0.25, 0.3) is 5.91 Å². The lowest BCUT2D eigenvalue weighted by Gasteiger charge is -2.32. The van der Waals surface area contributed by atoms with E-state index in [1.165, 1.54) is 12.1 Å². The molecule has 4 aromatic rings. The van der Waals surface area contributed by atoms with Crippen LogP contribution in [0.5, 0.6) is 0 Å². The number of carboxylic acids is 2. The molecule has 16 nitrogen and oxygen atoms in total. The normalized spacial score (nSPS) is 17.7. The summed E-state index contributed by atoms with van der Waals surface area (Å²) in [7, 11) is 0. The zero-order valence-electron chi connectivity index (χ0n) is 37.4. The third kappa shape index (κ3) is 14.6. The SMILES string of the molecule is C=C/C1=C(\C=C)CN(C(=O)CCNC(=O)c2ccc(C(c3cccc(C(=O)O)n3)N3CCOCCOCCN(Cc4cccc(C(=O)O)n4)CCOCCOCC3)cc2)c2ccccc2C#C1. The first-order valence-corrected chi connectivity index (χ1v) is 22.1. The molecule has 16 heteroatoms. The number of rotatable bonds is 13. The molecule has 0 saturated carbocycles. The number of carbonyl (C=O) groups excluding carboxylic acids is 2. The number of nitrogens with zero attached hydrogens (tertiary/aromatic N) is 5. The Balaban J connectivity index is 1.10. The van der Waals surface area contributed by atoms with E-state index in [0.29, 0.717) is 119 Å². The zero-order valence-corrected chi connectivity index (χ0v) is 37.4. The van der Waals surface area contributed by atoms with Crippen molar-refractivity contribution in [1.82, 2.24) is 25.1 Å². The summed E-state index contributed by atoms with van der Waals surface area (Å²) in [4.78, 5) is 65.3. The second-order valence-electron chi connectivity index (χ2n) is 15.5. The summed E-state index contributed by atoms with van der Waals surface area (Å²) < 4.78 is 23.9. The van der Waals surface area contributed by atoms with Gasteiger partial charge in [0, 0.05) is 62.4 Å². The molecule has 2 aromatic carbocycles. The first kappa shape index (κ1) is 49.6. The fourth-order valence-corrected chi connectivity index (χ4v) is 7.53. The molecule has 1 fully saturated rings. The molecule has 0 bridgehead atoms. The van der Waals surface area contributed by atoms with E-state index in [-0.39, 0.29) is 42.7 Å². The Morgan fingerprint density at radius 1 is 0.701 bits per heavy atom.